The number of esters is 1. The molecule has 0 heterocycles. The number of methoxy groups -OCH3 is 2. The summed E-state index contributed by atoms with van der Waals surface area (Å²) in [6.45, 7) is 1.21. The van der Waals surface area contributed by atoms with Gasteiger partial charge < -0.3 is 9.47 Å². The molecule has 0 aliphatic heterocycles. The van der Waals surface area contributed by atoms with Crippen molar-refractivity contribution in [3.63, 3.8) is 0 Å². The summed E-state index contributed by atoms with van der Waals surface area (Å²) in [5.74, 6) is -1.32. The van der Waals surface area contributed by atoms with Gasteiger partial charge in [-0.3, -0.25) is 20.2 Å². The van der Waals surface area contributed by atoms with E-state index >= 15 is 0 Å². The number of nitro benzene ring substituents is 2. The fourth-order valence-corrected chi connectivity index (χ4v) is 1.61. The van der Waals surface area contributed by atoms with Gasteiger partial charge in [0.1, 0.15) is 11.1 Å². The molecule has 9 heteroatoms. The van der Waals surface area contributed by atoms with E-state index in [1.54, 1.807) is 0 Å². The first-order valence-corrected chi connectivity index (χ1v) is 4.93. The van der Waals surface area contributed by atoms with E-state index in [1.165, 1.54) is 6.92 Å². The summed E-state index contributed by atoms with van der Waals surface area (Å²) in [6, 6.07) is 0.896. The largest absolute Gasteiger partial charge is 0.490 e. The molecule has 0 radical (unpaired) electrons. The second-order valence-corrected chi connectivity index (χ2v) is 3.46. The Kier molecular flexibility index (Phi) is 4.00. The second-order valence-electron chi connectivity index (χ2n) is 3.46. The third-order valence-corrected chi connectivity index (χ3v) is 2.47. The maximum atomic E-state index is 11.5. The highest BCUT2D eigenvalue weighted by Gasteiger charge is 2.33. The third-order valence-electron chi connectivity index (χ3n) is 2.47. The van der Waals surface area contributed by atoms with Crippen LogP contribution in [-0.2, 0) is 4.74 Å². The minimum absolute atomic E-state index is 0.195. The van der Waals surface area contributed by atoms with Gasteiger partial charge in [-0.05, 0) is 6.92 Å². The highest BCUT2D eigenvalue weighted by Crippen LogP contribution is 2.39. The molecule has 1 aromatic carbocycles. The molecule has 0 aliphatic carbocycles. The van der Waals surface area contributed by atoms with Crippen LogP contribution in [0.4, 0.5) is 11.4 Å². The smallest absolute Gasteiger partial charge is 0.342 e. The second kappa shape index (κ2) is 5.29. The van der Waals surface area contributed by atoms with Crippen LogP contribution in [0.3, 0.4) is 0 Å². The number of nitro groups is 2. The Hall–Kier alpha value is -2.71. The van der Waals surface area contributed by atoms with E-state index in [1.807, 2.05) is 0 Å². The fraction of sp³-hybridized carbons (Fsp3) is 0.300. The van der Waals surface area contributed by atoms with Crippen LogP contribution in [0.2, 0.25) is 0 Å². The lowest BCUT2D eigenvalue weighted by Gasteiger charge is -2.09. The van der Waals surface area contributed by atoms with Crippen molar-refractivity contribution in [1.29, 1.82) is 0 Å². The predicted octanol–water partition coefficient (Wildman–Crippen LogP) is 1.61. The van der Waals surface area contributed by atoms with Gasteiger partial charge in [0.05, 0.1) is 24.1 Å². The molecule has 0 amide bonds. The van der Waals surface area contributed by atoms with E-state index < -0.39 is 27.2 Å². The number of carbonyl (C=O) groups excluding carboxylic acids is 1. The number of benzene rings is 1. The molecule has 0 spiro atoms. The van der Waals surface area contributed by atoms with Gasteiger partial charge >= 0.3 is 11.7 Å². The van der Waals surface area contributed by atoms with Crippen molar-refractivity contribution in [3.05, 3.63) is 37.4 Å². The van der Waals surface area contributed by atoms with Crippen LogP contribution >= 0.6 is 0 Å². The Balaban J connectivity index is 3.78. The Bertz CT molecular complexity index is 567. The highest BCUT2D eigenvalue weighted by molar-refractivity contribution is 5.95. The molecule has 0 aromatic heterocycles. The monoisotopic (exact) mass is 270 g/mol. The van der Waals surface area contributed by atoms with E-state index in [4.69, 9.17) is 4.74 Å². The average Bonchev–Trinajstić information content (AvgIpc) is 2.35. The van der Waals surface area contributed by atoms with Gasteiger partial charge in [-0.25, -0.2) is 4.79 Å². The van der Waals surface area contributed by atoms with Crippen LogP contribution < -0.4 is 4.74 Å². The summed E-state index contributed by atoms with van der Waals surface area (Å²) in [7, 11) is 2.18. The van der Waals surface area contributed by atoms with Crippen molar-refractivity contribution in [2.24, 2.45) is 0 Å². The SMILES string of the molecule is COC(=O)c1cc([N+](=O)[O-])c(C)c([N+](=O)[O-])c1OC. The molecular formula is C10H10N2O7. The lowest BCUT2D eigenvalue weighted by atomic mass is 10.1. The lowest BCUT2D eigenvalue weighted by Crippen LogP contribution is -2.09. The van der Waals surface area contributed by atoms with E-state index in [9.17, 15) is 25.0 Å². The maximum absolute atomic E-state index is 11.5. The van der Waals surface area contributed by atoms with Gasteiger partial charge in [-0.2, -0.15) is 0 Å². The van der Waals surface area contributed by atoms with E-state index in [0.717, 1.165) is 20.3 Å². The van der Waals surface area contributed by atoms with Crippen molar-refractivity contribution in [2.45, 2.75) is 6.92 Å². The van der Waals surface area contributed by atoms with Crippen molar-refractivity contribution < 1.29 is 24.1 Å². The quantitative estimate of drug-likeness (QED) is 0.462. The van der Waals surface area contributed by atoms with Crippen LogP contribution in [0.25, 0.3) is 0 Å². The standard InChI is InChI=1S/C10H10N2O7/c1-5-7(11(14)15)4-6(10(13)19-3)9(18-2)8(5)12(16)17/h4H,1-3H3. The van der Waals surface area contributed by atoms with Gasteiger partial charge in [-0.15, -0.1) is 0 Å². The van der Waals surface area contributed by atoms with Gasteiger partial charge in [0.2, 0.25) is 5.75 Å². The highest BCUT2D eigenvalue weighted by atomic mass is 16.6. The summed E-state index contributed by atoms with van der Waals surface area (Å²) in [5, 5.41) is 21.8. The van der Waals surface area contributed by atoms with Crippen LogP contribution in [0, 0.1) is 27.2 Å². The molecule has 19 heavy (non-hydrogen) atoms. The minimum Gasteiger partial charge on any atom is -0.490 e. The van der Waals surface area contributed by atoms with Crippen LogP contribution in [-0.4, -0.2) is 30.0 Å². The van der Waals surface area contributed by atoms with E-state index in [2.05, 4.69) is 4.74 Å². The molecule has 0 saturated heterocycles. The molecule has 0 N–H and O–H groups in total. The number of hydrogen-bond acceptors (Lipinski definition) is 7. The molecule has 9 nitrogen and oxygen atoms in total. The van der Waals surface area contributed by atoms with E-state index in [-0.39, 0.29) is 16.9 Å². The number of carbonyl (C=O) groups is 1. The Morgan fingerprint density at radius 1 is 1.21 bits per heavy atom. The zero-order valence-electron chi connectivity index (χ0n) is 10.3. The third kappa shape index (κ3) is 2.44. The average molecular weight is 270 g/mol. The first kappa shape index (κ1) is 14.4. The Morgan fingerprint density at radius 2 is 1.79 bits per heavy atom. The lowest BCUT2D eigenvalue weighted by molar-refractivity contribution is -0.395. The van der Waals surface area contributed by atoms with Gasteiger partial charge in [0, 0.05) is 6.07 Å². The van der Waals surface area contributed by atoms with Gasteiger partial charge in [0.15, 0.2) is 0 Å². The van der Waals surface area contributed by atoms with Crippen LogP contribution in [0.15, 0.2) is 6.07 Å². The summed E-state index contributed by atoms with van der Waals surface area (Å²) in [4.78, 5) is 31.7. The van der Waals surface area contributed by atoms with Gasteiger partial charge in [-0.1, -0.05) is 0 Å². The minimum atomic E-state index is -0.956. The molecule has 1 rings (SSSR count). The topological polar surface area (TPSA) is 122 Å². The summed E-state index contributed by atoms with van der Waals surface area (Å²) >= 11 is 0. The van der Waals surface area contributed by atoms with Crippen molar-refractivity contribution in [2.75, 3.05) is 14.2 Å². The first-order valence-electron chi connectivity index (χ1n) is 4.93. The molecule has 0 bridgehead atoms. The van der Waals surface area contributed by atoms with Crippen molar-refractivity contribution in [1.82, 2.24) is 0 Å². The Labute approximate surface area is 107 Å². The molecule has 1 aromatic rings. The summed E-state index contributed by atoms with van der Waals surface area (Å²) in [6.07, 6.45) is 0. The molecule has 0 saturated carbocycles. The summed E-state index contributed by atoms with van der Waals surface area (Å²) in [5.41, 5.74) is -1.74. The number of ether oxygens (including phenoxy) is 2. The fourth-order valence-electron chi connectivity index (χ4n) is 1.61. The molecule has 0 fully saturated rings. The first-order chi connectivity index (χ1) is 8.84. The molecule has 102 valence electrons. The van der Waals surface area contributed by atoms with Crippen LogP contribution in [0.1, 0.15) is 15.9 Å². The van der Waals surface area contributed by atoms with Crippen LogP contribution in [0.5, 0.6) is 5.75 Å². The normalized spacial score (nSPS) is 9.84. The zero-order chi connectivity index (χ0) is 14.7. The van der Waals surface area contributed by atoms with Crippen molar-refractivity contribution in [3.8, 4) is 5.75 Å². The molecule has 0 atom stereocenters. The molecule has 0 aliphatic rings. The summed E-state index contributed by atoms with van der Waals surface area (Å²) < 4.78 is 9.24. The van der Waals surface area contributed by atoms with Crippen molar-refractivity contribution >= 4 is 17.3 Å². The number of hydrogen-bond donors (Lipinski definition) is 0. The molecular weight excluding hydrogens is 260 g/mol. The predicted molar refractivity (Wildman–Crippen MR) is 62.4 cm³/mol. The maximum Gasteiger partial charge on any atom is 0.342 e. The number of nitrogens with zero attached hydrogens (tertiary/aromatic N) is 2. The van der Waals surface area contributed by atoms with Gasteiger partial charge in [0.25, 0.3) is 5.69 Å². The van der Waals surface area contributed by atoms with E-state index in [0.29, 0.717) is 0 Å². The molecule has 0 unspecified atom stereocenters. The zero-order valence-corrected chi connectivity index (χ0v) is 10.3. The number of rotatable bonds is 4. The Morgan fingerprint density at radius 3 is 2.16 bits per heavy atom.